The zero-order valence-electron chi connectivity index (χ0n) is 15.2. The van der Waals surface area contributed by atoms with Crippen LogP contribution in [0.15, 0.2) is 23.2 Å². The molecule has 0 fully saturated rings. The topological polar surface area (TPSA) is 93.6 Å². The zero-order chi connectivity index (χ0) is 21.7. The summed E-state index contributed by atoms with van der Waals surface area (Å²) in [6.45, 7) is 2.94. The van der Waals surface area contributed by atoms with Crippen molar-refractivity contribution in [3.05, 3.63) is 51.2 Å². The highest BCUT2D eigenvalue weighted by Gasteiger charge is 2.37. The number of nitrogens with zero attached hydrogens (tertiary/aromatic N) is 1. The molecule has 1 aromatic heterocycles. The maximum Gasteiger partial charge on any atom is 0.417 e. The average molecular weight is 450 g/mol. The standard InChI is InChI=1S/C18H15ClF3NO5S/c1-8-5-11(17(24)25)9(2)14-13(3-4-29(26,27)15(8)14)28-16-12(19)6-10(7-23-16)18(20,21)22/h5-7,13H,3-4H2,1-2H3,(H,24,25). The van der Waals surface area contributed by atoms with Gasteiger partial charge in [-0.1, -0.05) is 11.6 Å². The molecule has 0 saturated heterocycles. The van der Waals surface area contributed by atoms with Crippen LogP contribution >= 0.6 is 11.6 Å². The Morgan fingerprint density at radius 1 is 1.31 bits per heavy atom. The van der Waals surface area contributed by atoms with E-state index in [1.807, 2.05) is 0 Å². The Morgan fingerprint density at radius 2 is 1.97 bits per heavy atom. The molecular weight excluding hydrogens is 435 g/mol. The molecule has 1 N–H and O–H groups in total. The minimum Gasteiger partial charge on any atom is -0.478 e. The molecule has 0 aliphatic carbocycles. The van der Waals surface area contributed by atoms with Gasteiger partial charge in [-0.3, -0.25) is 0 Å². The van der Waals surface area contributed by atoms with Crippen molar-refractivity contribution in [2.45, 2.75) is 37.4 Å². The zero-order valence-corrected chi connectivity index (χ0v) is 16.7. The van der Waals surface area contributed by atoms with Gasteiger partial charge in [0, 0.05) is 18.2 Å². The number of halogens is 4. The molecule has 3 rings (SSSR count). The third kappa shape index (κ3) is 3.91. The number of alkyl halides is 3. The van der Waals surface area contributed by atoms with Crippen LogP contribution in [0.5, 0.6) is 5.88 Å². The molecule has 1 aliphatic heterocycles. The second kappa shape index (κ2) is 7.17. The Kier molecular flexibility index (Phi) is 5.29. The summed E-state index contributed by atoms with van der Waals surface area (Å²) in [6, 6.07) is 1.94. The van der Waals surface area contributed by atoms with Crippen LogP contribution in [0.25, 0.3) is 0 Å². The van der Waals surface area contributed by atoms with Crippen molar-refractivity contribution in [2.75, 3.05) is 5.75 Å². The highest BCUT2D eigenvalue weighted by Crippen LogP contribution is 2.42. The van der Waals surface area contributed by atoms with Crippen LogP contribution in [0.3, 0.4) is 0 Å². The number of fused-ring (bicyclic) bond motifs is 1. The Bertz CT molecular complexity index is 1120. The Hall–Kier alpha value is -2.33. The van der Waals surface area contributed by atoms with Gasteiger partial charge in [-0.2, -0.15) is 13.2 Å². The Morgan fingerprint density at radius 3 is 2.52 bits per heavy atom. The van der Waals surface area contributed by atoms with Gasteiger partial charge < -0.3 is 9.84 Å². The average Bonchev–Trinajstić information content (AvgIpc) is 2.59. The van der Waals surface area contributed by atoms with E-state index in [1.54, 1.807) is 0 Å². The van der Waals surface area contributed by atoms with Crippen LogP contribution in [0.4, 0.5) is 13.2 Å². The van der Waals surface area contributed by atoms with Crippen LogP contribution in [0.1, 0.15) is 45.1 Å². The van der Waals surface area contributed by atoms with Gasteiger partial charge in [0.05, 0.1) is 21.8 Å². The lowest BCUT2D eigenvalue weighted by atomic mass is 9.94. The number of sulfone groups is 1. The molecule has 6 nitrogen and oxygen atoms in total. The summed E-state index contributed by atoms with van der Waals surface area (Å²) in [7, 11) is -3.67. The quantitative estimate of drug-likeness (QED) is 0.748. The number of carboxylic acid groups (broad SMARTS) is 1. The number of hydrogen-bond donors (Lipinski definition) is 1. The molecule has 156 valence electrons. The maximum absolute atomic E-state index is 12.8. The molecular formula is C18H15ClF3NO5S. The molecule has 2 aromatic rings. The van der Waals surface area contributed by atoms with Gasteiger partial charge in [-0.25, -0.2) is 18.2 Å². The summed E-state index contributed by atoms with van der Waals surface area (Å²) >= 11 is 5.89. The first-order chi connectivity index (χ1) is 13.3. The van der Waals surface area contributed by atoms with Crippen LogP contribution in [0.2, 0.25) is 5.02 Å². The molecule has 11 heteroatoms. The van der Waals surface area contributed by atoms with E-state index in [0.29, 0.717) is 12.3 Å². The first kappa shape index (κ1) is 21.4. The minimum absolute atomic E-state index is 0.0284. The van der Waals surface area contributed by atoms with Crippen molar-refractivity contribution < 1.29 is 36.2 Å². The lowest BCUT2D eigenvalue weighted by Gasteiger charge is -2.29. The molecule has 1 atom stereocenters. The summed E-state index contributed by atoms with van der Waals surface area (Å²) in [5.41, 5.74) is -0.524. The van der Waals surface area contributed by atoms with Crippen LogP contribution in [-0.2, 0) is 16.0 Å². The van der Waals surface area contributed by atoms with E-state index in [2.05, 4.69) is 4.98 Å². The SMILES string of the molecule is Cc1cc(C(=O)O)c(C)c2c1S(=O)(=O)CCC2Oc1ncc(C(F)(F)F)cc1Cl. The predicted molar refractivity (Wildman–Crippen MR) is 97.2 cm³/mol. The van der Waals surface area contributed by atoms with E-state index in [1.165, 1.54) is 19.9 Å². The van der Waals surface area contributed by atoms with Crippen molar-refractivity contribution in [3.8, 4) is 5.88 Å². The number of pyridine rings is 1. The molecule has 2 heterocycles. The molecule has 1 unspecified atom stereocenters. The first-order valence-electron chi connectivity index (χ1n) is 8.32. The van der Waals surface area contributed by atoms with E-state index in [4.69, 9.17) is 16.3 Å². The van der Waals surface area contributed by atoms with E-state index < -0.39 is 38.7 Å². The highest BCUT2D eigenvalue weighted by atomic mass is 35.5. The third-order valence-electron chi connectivity index (χ3n) is 4.67. The highest BCUT2D eigenvalue weighted by molar-refractivity contribution is 7.91. The summed E-state index contributed by atoms with van der Waals surface area (Å²) < 4.78 is 69.2. The predicted octanol–water partition coefficient (Wildman–Crippen LogP) is 4.37. The maximum atomic E-state index is 12.8. The van der Waals surface area contributed by atoms with Crippen molar-refractivity contribution >= 4 is 27.4 Å². The molecule has 1 aromatic carbocycles. The summed E-state index contributed by atoms with van der Waals surface area (Å²) in [4.78, 5) is 15.1. The number of ether oxygens (including phenoxy) is 1. The molecule has 0 spiro atoms. The van der Waals surface area contributed by atoms with E-state index in [0.717, 1.165) is 0 Å². The minimum atomic E-state index is -4.63. The number of carboxylic acids is 1. The summed E-state index contributed by atoms with van der Waals surface area (Å²) in [6.07, 6.45) is -5.04. The van der Waals surface area contributed by atoms with Crippen molar-refractivity contribution in [3.63, 3.8) is 0 Å². The van der Waals surface area contributed by atoms with Crippen LogP contribution < -0.4 is 4.74 Å². The lowest BCUT2D eigenvalue weighted by Crippen LogP contribution is -2.27. The molecule has 29 heavy (non-hydrogen) atoms. The van der Waals surface area contributed by atoms with Gasteiger partial charge in [-0.15, -0.1) is 0 Å². The van der Waals surface area contributed by atoms with Gasteiger partial charge in [0.1, 0.15) is 11.1 Å². The van der Waals surface area contributed by atoms with Gasteiger partial charge in [0.2, 0.25) is 5.88 Å². The Balaban J connectivity index is 2.12. The number of hydrogen-bond acceptors (Lipinski definition) is 5. The first-order valence-corrected chi connectivity index (χ1v) is 10.4. The van der Waals surface area contributed by atoms with Gasteiger partial charge in [0.15, 0.2) is 9.84 Å². The number of rotatable bonds is 3. The summed E-state index contributed by atoms with van der Waals surface area (Å²) in [5.74, 6) is -1.80. The van der Waals surface area contributed by atoms with Crippen molar-refractivity contribution in [2.24, 2.45) is 0 Å². The Labute approximate surface area is 169 Å². The molecule has 0 saturated carbocycles. The van der Waals surface area contributed by atoms with Crippen molar-refractivity contribution in [1.29, 1.82) is 0 Å². The number of carbonyl (C=O) groups is 1. The second-order valence-electron chi connectivity index (χ2n) is 6.64. The van der Waals surface area contributed by atoms with Gasteiger partial charge >= 0.3 is 12.1 Å². The number of benzene rings is 1. The monoisotopic (exact) mass is 449 g/mol. The number of aromatic nitrogens is 1. The lowest BCUT2D eigenvalue weighted by molar-refractivity contribution is -0.137. The molecule has 0 radical (unpaired) electrons. The fraction of sp³-hybridized carbons (Fsp3) is 0.333. The fourth-order valence-electron chi connectivity index (χ4n) is 3.37. The van der Waals surface area contributed by atoms with E-state index >= 15 is 0 Å². The molecule has 0 bridgehead atoms. The van der Waals surface area contributed by atoms with Crippen LogP contribution in [-0.4, -0.2) is 30.2 Å². The number of aromatic carboxylic acids is 1. The smallest absolute Gasteiger partial charge is 0.417 e. The van der Waals surface area contributed by atoms with Crippen LogP contribution in [0, 0.1) is 13.8 Å². The van der Waals surface area contributed by atoms with Gasteiger partial charge in [-0.05, 0) is 37.1 Å². The fourth-order valence-corrected chi connectivity index (χ4v) is 5.48. The summed E-state index contributed by atoms with van der Waals surface area (Å²) in [5, 5.41) is 9.03. The van der Waals surface area contributed by atoms with E-state index in [-0.39, 0.29) is 45.2 Å². The largest absolute Gasteiger partial charge is 0.478 e. The third-order valence-corrected chi connectivity index (χ3v) is 6.88. The van der Waals surface area contributed by atoms with Gasteiger partial charge in [0.25, 0.3) is 0 Å². The number of aryl methyl sites for hydroxylation is 1. The second-order valence-corrected chi connectivity index (χ2v) is 9.09. The molecule has 1 aliphatic rings. The van der Waals surface area contributed by atoms with Crippen molar-refractivity contribution in [1.82, 2.24) is 4.98 Å². The normalized spacial score (nSPS) is 18.2. The molecule has 0 amide bonds. The van der Waals surface area contributed by atoms with E-state index in [9.17, 15) is 31.5 Å².